The maximum atomic E-state index is 12.4. The monoisotopic (exact) mass is 421 g/mol. The molecule has 2 fully saturated rings. The van der Waals surface area contributed by atoms with E-state index in [2.05, 4.69) is 10.6 Å². The van der Waals surface area contributed by atoms with Crippen molar-refractivity contribution < 1.29 is 28.8 Å². The van der Waals surface area contributed by atoms with E-state index in [0.717, 1.165) is 32.1 Å². The van der Waals surface area contributed by atoms with Crippen LogP contribution in [0.4, 0.5) is 9.59 Å². The predicted molar refractivity (Wildman–Crippen MR) is 107 cm³/mol. The molecule has 0 aromatic heterocycles. The smallest absolute Gasteiger partial charge is 0.432 e. The molecule has 1 aliphatic heterocycles. The van der Waals surface area contributed by atoms with Crippen LogP contribution in [0.1, 0.15) is 46.0 Å². The average Bonchev–Trinajstić information content (AvgIpc) is 3.38. The zero-order valence-electron chi connectivity index (χ0n) is 17.6. The van der Waals surface area contributed by atoms with Gasteiger partial charge in [0.25, 0.3) is 11.8 Å². The molecule has 3 aliphatic rings. The standard InChI is InChI=1S/C21H31N3O6/c1-13(2)12-23-20(27)29-10-6-4-3-5-9-22-21(28)30-24-18(25)16-14-7-8-15(11-14)17(16)19(24)26/h7-8,13-17H,3-6,9-12H2,1-2H3,(H,22,28)(H,23,27). The minimum absolute atomic E-state index is 0.0818. The molecule has 1 saturated heterocycles. The van der Waals surface area contributed by atoms with E-state index in [9.17, 15) is 19.2 Å². The van der Waals surface area contributed by atoms with Crippen LogP contribution in [0.5, 0.6) is 0 Å². The second-order valence-corrected chi connectivity index (χ2v) is 8.60. The van der Waals surface area contributed by atoms with E-state index < -0.39 is 24.0 Å². The van der Waals surface area contributed by atoms with Crippen LogP contribution >= 0.6 is 0 Å². The topological polar surface area (TPSA) is 114 Å². The van der Waals surface area contributed by atoms with Crippen molar-refractivity contribution in [1.29, 1.82) is 0 Å². The summed E-state index contributed by atoms with van der Waals surface area (Å²) in [5, 5.41) is 5.91. The Bertz CT molecular complexity index is 677. The summed E-state index contributed by atoms with van der Waals surface area (Å²) < 4.78 is 5.07. The van der Waals surface area contributed by atoms with Gasteiger partial charge in [-0.05, 0) is 43.4 Å². The van der Waals surface area contributed by atoms with Gasteiger partial charge < -0.3 is 20.2 Å². The van der Waals surface area contributed by atoms with Crippen LogP contribution in [-0.2, 0) is 19.2 Å². The maximum Gasteiger partial charge on any atom is 0.432 e. The zero-order chi connectivity index (χ0) is 21.7. The van der Waals surface area contributed by atoms with Crippen molar-refractivity contribution in [3.05, 3.63) is 12.2 Å². The number of carbonyl (C=O) groups is 4. The summed E-state index contributed by atoms with van der Waals surface area (Å²) >= 11 is 0. The molecule has 4 unspecified atom stereocenters. The number of nitrogens with one attached hydrogen (secondary N) is 2. The van der Waals surface area contributed by atoms with Gasteiger partial charge in [-0.3, -0.25) is 9.59 Å². The highest BCUT2D eigenvalue weighted by atomic mass is 16.7. The molecule has 2 aliphatic carbocycles. The van der Waals surface area contributed by atoms with E-state index >= 15 is 0 Å². The minimum atomic E-state index is -0.790. The number of fused-ring (bicyclic) bond motifs is 5. The van der Waals surface area contributed by atoms with Gasteiger partial charge in [0.05, 0.1) is 18.4 Å². The van der Waals surface area contributed by atoms with Crippen molar-refractivity contribution in [2.75, 3.05) is 19.7 Å². The molecule has 4 amide bonds. The Labute approximate surface area is 176 Å². The molecule has 30 heavy (non-hydrogen) atoms. The number of unbranched alkanes of at least 4 members (excludes halogenated alkanes) is 3. The Hall–Kier alpha value is -2.58. The lowest BCUT2D eigenvalue weighted by molar-refractivity contribution is -0.174. The van der Waals surface area contributed by atoms with Crippen LogP contribution in [-0.4, -0.2) is 48.8 Å². The van der Waals surface area contributed by atoms with E-state index in [1.807, 2.05) is 26.0 Å². The molecule has 0 radical (unpaired) electrons. The van der Waals surface area contributed by atoms with Crippen LogP contribution in [0.2, 0.25) is 0 Å². The predicted octanol–water partition coefficient (Wildman–Crippen LogP) is 2.38. The minimum Gasteiger partial charge on any atom is -0.450 e. The molecule has 0 aromatic carbocycles. The SMILES string of the molecule is CC(C)CNC(=O)OCCCCCCNC(=O)ON1C(=O)C2C3C=CC(C3)C2C1=O. The van der Waals surface area contributed by atoms with Crippen molar-refractivity contribution in [3.8, 4) is 0 Å². The van der Waals surface area contributed by atoms with Gasteiger partial charge >= 0.3 is 12.2 Å². The molecular weight excluding hydrogens is 390 g/mol. The summed E-state index contributed by atoms with van der Waals surface area (Å²) in [6, 6.07) is 0. The molecule has 4 atom stereocenters. The Balaban J connectivity index is 1.23. The highest BCUT2D eigenvalue weighted by Crippen LogP contribution is 2.52. The summed E-state index contributed by atoms with van der Waals surface area (Å²) in [6.45, 7) is 5.35. The van der Waals surface area contributed by atoms with Crippen LogP contribution in [0.3, 0.4) is 0 Å². The quantitative estimate of drug-likeness (QED) is 0.318. The van der Waals surface area contributed by atoms with Crippen LogP contribution < -0.4 is 10.6 Å². The third-order valence-corrected chi connectivity index (χ3v) is 5.83. The molecule has 1 saturated carbocycles. The lowest BCUT2D eigenvalue weighted by Gasteiger charge is -2.16. The second kappa shape index (κ2) is 9.95. The molecule has 9 nitrogen and oxygen atoms in total. The Kier molecular flexibility index (Phi) is 7.33. The summed E-state index contributed by atoms with van der Waals surface area (Å²) in [7, 11) is 0. The summed E-state index contributed by atoms with van der Waals surface area (Å²) in [5.41, 5.74) is 0. The number of ether oxygens (including phenoxy) is 1. The number of carbonyl (C=O) groups excluding carboxylic acids is 4. The van der Waals surface area contributed by atoms with Gasteiger partial charge in [-0.15, -0.1) is 5.06 Å². The third-order valence-electron chi connectivity index (χ3n) is 5.83. The summed E-state index contributed by atoms with van der Waals surface area (Å²) in [6.07, 6.45) is 6.79. The summed E-state index contributed by atoms with van der Waals surface area (Å²) in [5.74, 6) is -1.03. The van der Waals surface area contributed by atoms with E-state index in [1.165, 1.54) is 0 Å². The fourth-order valence-corrected chi connectivity index (χ4v) is 4.35. The van der Waals surface area contributed by atoms with Crippen molar-refractivity contribution >= 4 is 24.0 Å². The van der Waals surface area contributed by atoms with E-state index in [-0.39, 0.29) is 23.7 Å². The normalized spacial score (nSPS) is 26.3. The largest absolute Gasteiger partial charge is 0.450 e. The van der Waals surface area contributed by atoms with E-state index in [1.54, 1.807) is 0 Å². The van der Waals surface area contributed by atoms with Crippen molar-refractivity contribution in [2.24, 2.45) is 29.6 Å². The van der Waals surface area contributed by atoms with Gasteiger partial charge in [-0.2, -0.15) is 0 Å². The van der Waals surface area contributed by atoms with Crippen LogP contribution in [0, 0.1) is 29.6 Å². The molecule has 166 valence electrons. The van der Waals surface area contributed by atoms with Crippen molar-refractivity contribution in [1.82, 2.24) is 15.7 Å². The van der Waals surface area contributed by atoms with Gasteiger partial charge in [0.15, 0.2) is 0 Å². The molecule has 2 bridgehead atoms. The molecule has 0 spiro atoms. The number of amides is 4. The van der Waals surface area contributed by atoms with Gasteiger partial charge in [-0.25, -0.2) is 9.59 Å². The number of alkyl carbamates (subject to hydrolysis) is 1. The number of hydrogen-bond donors (Lipinski definition) is 2. The molecule has 0 aromatic rings. The third kappa shape index (κ3) is 5.12. The molecule has 9 heteroatoms. The molecule has 3 rings (SSSR count). The second-order valence-electron chi connectivity index (χ2n) is 8.60. The highest BCUT2D eigenvalue weighted by Gasteiger charge is 2.60. The number of hydrogen-bond acceptors (Lipinski definition) is 6. The fraction of sp³-hybridized carbons (Fsp3) is 0.714. The van der Waals surface area contributed by atoms with Crippen LogP contribution in [0.15, 0.2) is 12.2 Å². The number of hydroxylamine groups is 2. The molecular formula is C21H31N3O6. The van der Waals surface area contributed by atoms with Gasteiger partial charge in [0.2, 0.25) is 0 Å². The number of rotatable bonds is 10. The fourth-order valence-electron chi connectivity index (χ4n) is 4.35. The molecule has 2 N–H and O–H groups in total. The average molecular weight is 421 g/mol. The first-order valence-electron chi connectivity index (χ1n) is 10.8. The first-order chi connectivity index (χ1) is 14.4. The first kappa shape index (κ1) is 22.1. The van der Waals surface area contributed by atoms with Gasteiger partial charge in [0.1, 0.15) is 0 Å². The van der Waals surface area contributed by atoms with Crippen molar-refractivity contribution in [2.45, 2.75) is 46.0 Å². The first-order valence-corrected chi connectivity index (χ1v) is 10.8. The van der Waals surface area contributed by atoms with E-state index in [0.29, 0.717) is 30.7 Å². The zero-order valence-corrected chi connectivity index (χ0v) is 17.6. The van der Waals surface area contributed by atoms with Crippen LogP contribution in [0.25, 0.3) is 0 Å². The summed E-state index contributed by atoms with van der Waals surface area (Å²) in [4.78, 5) is 53.2. The highest BCUT2D eigenvalue weighted by molar-refractivity contribution is 6.06. The molecule has 1 heterocycles. The van der Waals surface area contributed by atoms with Gasteiger partial charge in [0, 0.05) is 13.1 Å². The lowest BCUT2D eigenvalue weighted by atomic mass is 9.85. The Morgan fingerprint density at radius 1 is 1.00 bits per heavy atom. The Morgan fingerprint density at radius 3 is 2.27 bits per heavy atom. The number of nitrogens with zero attached hydrogens (tertiary/aromatic N) is 1. The van der Waals surface area contributed by atoms with Gasteiger partial charge in [-0.1, -0.05) is 32.4 Å². The van der Waals surface area contributed by atoms with Crippen molar-refractivity contribution in [3.63, 3.8) is 0 Å². The maximum absolute atomic E-state index is 12.4. The lowest BCUT2D eigenvalue weighted by Crippen LogP contribution is -2.39. The van der Waals surface area contributed by atoms with E-state index in [4.69, 9.17) is 9.57 Å². The Morgan fingerprint density at radius 2 is 1.63 bits per heavy atom. The number of imide groups is 1. The number of allylic oxidation sites excluding steroid dienone is 2.